The molecule has 0 unspecified atom stereocenters. The van der Waals surface area contributed by atoms with Crippen molar-refractivity contribution in [3.63, 3.8) is 0 Å². The Balaban J connectivity index is 1.81. The van der Waals surface area contributed by atoms with Gasteiger partial charge in [0.15, 0.2) is 0 Å². The average Bonchev–Trinajstić information content (AvgIpc) is 2.81. The van der Waals surface area contributed by atoms with E-state index in [1.54, 1.807) is 30.3 Å². The molecule has 0 radical (unpaired) electrons. The number of benzene rings is 3. The number of hydrogen-bond acceptors (Lipinski definition) is 4. The highest BCUT2D eigenvalue weighted by molar-refractivity contribution is 7.89. The van der Waals surface area contributed by atoms with Crippen molar-refractivity contribution in [2.45, 2.75) is 31.7 Å². The highest BCUT2D eigenvalue weighted by Crippen LogP contribution is 2.28. The van der Waals surface area contributed by atoms with Crippen molar-refractivity contribution in [3.8, 4) is 0 Å². The van der Waals surface area contributed by atoms with E-state index in [0.29, 0.717) is 15.6 Å². The average molecular weight is 518 g/mol. The molecule has 1 amide bonds. The number of rotatable bonds is 9. The Kier molecular flexibility index (Phi) is 8.85. The number of amides is 1. The first kappa shape index (κ1) is 25.9. The maximum atomic E-state index is 13.4. The van der Waals surface area contributed by atoms with E-state index in [9.17, 15) is 13.2 Å². The summed E-state index contributed by atoms with van der Waals surface area (Å²) < 4.78 is 27.8. The number of sulfonamides is 1. The summed E-state index contributed by atoms with van der Waals surface area (Å²) in [4.78, 5) is 12.7. The van der Waals surface area contributed by atoms with Crippen molar-refractivity contribution in [2.24, 2.45) is 5.10 Å². The Bertz CT molecular complexity index is 1260. The summed E-state index contributed by atoms with van der Waals surface area (Å²) in [5, 5.41) is 4.58. The lowest BCUT2D eigenvalue weighted by molar-refractivity contribution is -0.121. The quantitative estimate of drug-likeness (QED) is 0.312. The summed E-state index contributed by atoms with van der Waals surface area (Å²) in [6.07, 6.45) is 2.43. The molecule has 9 heteroatoms. The van der Waals surface area contributed by atoms with Crippen LogP contribution in [0.3, 0.4) is 0 Å². The van der Waals surface area contributed by atoms with Crippen molar-refractivity contribution in [1.82, 2.24) is 9.73 Å². The molecule has 3 rings (SSSR count). The summed E-state index contributed by atoms with van der Waals surface area (Å²) in [5.41, 5.74) is 5.72. The molecule has 34 heavy (non-hydrogen) atoms. The molecule has 0 bridgehead atoms. The standard InChI is InChI=1S/C25H25Cl2N3O3S/c1-3-19-9-11-20(12-10-19)15-28-29-25(31)17-30(16-22-23(26)5-4-6-24(22)27)34(32,33)21-13-7-18(2)8-14-21/h4-15H,3,16-17H2,1-2H3,(H,29,31)/b28-15-. The first-order chi connectivity index (χ1) is 16.2. The Hall–Kier alpha value is -2.71. The van der Waals surface area contributed by atoms with E-state index in [-0.39, 0.29) is 11.4 Å². The number of nitrogens with zero attached hydrogens (tertiary/aromatic N) is 2. The fourth-order valence-electron chi connectivity index (χ4n) is 3.16. The zero-order chi connectivity index (χ0) is 24.7. The molecule has 3 aromatic rings. The SMILES string of the molecule is CCc1ccc(/C=N\NC(=O)CN(Cc2c(Cl)cccc2Cl)S(=O)(=O)c2ccc(C)cc2)cc1. The molecule has 0 fully saturated rings. The number of halogens is 2. The van der Waals surface area contributed by atoms with Gasteiger partial charge in [0, 0.05) is 22.2 Å². The lowest BCUT2D eigenvalue weighted by atomic mass is 10.1. The maximum Gasteiger partial charge on any atom is 0.255 e. The van der Waals surface area contributed by atoms with E-state index in [0.717, 1.165) is 21.9 Å². The number of carbonyl (C=O) groups excluding carboxylic acids is 1. The fourth-order valence-corrected chi connectivity index (χ4v) is 5.04. The summed E-state index contributed by atoms with van der Waals surface area (Å²) in [6.45, 7) is 3.28. The first-order valence-corrected chi connectivity index (χ1v) is 12.8. The van der Waals surface area contributed by atoms with E-state index in [4.69, 9.17) is 23.2 Å². The minimum absolute atomic E-state index is 0.0635. The summed E-state index contributed by atoms with van der Waals surface area (Å²) in [7, 11) is -4.03. The highest BCUT2D eigenvalue weighted by Gasteiger charge is 2.28. The molecule has 0 saturated heterocycles. The summed E-state index contributed by atoms with van der Waals surface area (Å²) in [6, 6.07) is 19.0. The second-order valence-corrected chi connectivity index (χ2v) is 10.4. The van der Waals surface area contributed by atoms with Gasteiger partial charge >= 0.3 is 0 Å². The predicted molar refractivity (Wildman–Crippen MR) is 137 cm³/mol. The minimum atomic E-state index is -4.03. The second kappa shape index (κ2) is 11.6. The van der Waals surface area contributed by atoms with Crippen molar-refractivity contribution in [3.05, 3.63) is 99.0 Å². The lowest BCUT2D eigenvalue weighted by Gasteiger charge is -2.22. The van der Waals surface area contributed by atoms with Crippen LogP contribution in [0.5, 0.6) is 0 Å². The van der Waals surface area contributed by atoms with Crippen LogP contribution in [-0.2, 0) is 27.8 Å². The third-order valence-electron chi connectivity index (χ3n) is 5.17. The van der Waals surface area contributed by atoms with E-state index >= 15 is 0 Å². The van der Waals surface area contributed by atoms with Gasteiger partial charge in [0.25, 0.3) is 5.91 Å². The van der Waals surface area contributed by atoms with Gasteiger partial charge in [-0.25, -0.2) is 13.8 Å². The molecule has 0 heterocycles. The van der Waals surface area contributed by atoms with E-state index in [1.807, 2.05) is 31.2 Å². The number of carbonyl (C=O) groups is 1. The van der Waals surface area contributed by atoms with Gasteiger partial charge < -0.3 is 0 Å². The highest BCUT2D eigenvalue weighted by atomic mass is 35.5. The normalized spacial score (nSPS) is 11.8. The number of nitrogens with one attached hydrogen (secondary N) is 1. The van der Waals surface area contributed by atoms with Crippen LogP contribution >= 0.6 is 23.2 Å². The van der Waals surface area contributed by atoms with E-state index in [2.05, 4.69) is 17.5 Å². The van der Waals surface area contributed by atoms with E-state index < -0.39 is 22.5 Å². The molecule has 0 aliphatic rings. The van der Waals surface area contributed by atoms with Crippen LogP contribution in [0.15, 0.2) is 76.7 Å². The van der Waals surface area contributed by atoms with Crippen LogP contribution in [0.1, 0.15) is 29.2 Å². The van der Waals surface area contributed by atoms with Crippen LogP contribution in [0.2, 0.25) is 10.0 Å². The van der Waals surface area contributed by atoms with Crippen LogP contribution in [-0.4, -0.2) is 31.4 Å². The zero-order valence-corrected chi connectivity index (χ0v) is 21.2. The molecular weight excluding hydrogens is 493 g/mol. The Labute approximate surface area is 210 Å². The molecule has 178 valence electrons. The van der Waals surface area contributed by atoms with E-state index in [1.165, 1.54) is 23.9 Å². The molecule has 1 N–H and O–H groups in total. The van der Waals surface area contributed by atoms with Crippen LogP contribution in [0, 0.1) is 6.92 Å². The number of hydrazone groups is 1. The predicted octanol–water partition coefficient (Wildman–Crippen LogP) is 5.21. The second-order valence-electron chi connectivity index (χ2n) is 7.67. The molecule has 6 nitrogen and oxygen atoms in total. The van der Waals surface area contributed by atoms with Crippen molar-refractivity contribution < 1.29 is 13.2 Å². The molecular formula is C25H25Cl2N3O3S. The van der Waals surface area contributed by atoms with Crippen molar-refractivity contribution in [2.75, 3.05) is 6.54 Å². The van der Waals surface area contributed by atoms with Gasteiger partial charge in [-0.1, -0.05) is 78.2 Å². The van der Waals surface area contributed by atoms with Gasteiger partial charge in [-0.15, -0.1) is 0 Å². The molecule has 0 aromatic heterocycles. The summed E-state index contributed by atoms with van der Waals surface area (Å²) in [5.74, 6) is -0.597. The monoisotopic (exact) mass is 517 g/mol. The van der Waals surface area contributed by atoms with Gasteiger partial charge in [0.1, 0.15) is 0 Å². The number of aryl methyl sites for hydroxylation is 2. The van der Waals surface area contributed by atoms with Crippen LogP contribution in [0.25, 0.3) is 0 Å². The third kappa shape index (κ3) is 6.67. The summed E-state index contributed by atoms with van der Waals surface area (Å²) >= 11 is 12.5. The molecule has 0 aliphatic carbocycles. The molecule has 0 aliphatic heterocycles. The lowest BCUT2D eigenvalue weighted by Crippen LogP contribution is -2.39. The third-order valence-corrected chi connectivity index (χ3v) is 7.68. The topological polar surface area (TPSA) is 78.8 Å². The Morgan fingerprint density at radius 2 is 1.62 bits per heavy atom. The maximum absolute atomic E-state index is 13.4. The first-order valence-electron chi connectivity index (χ1n) is 10.6. The van der Waals surface area contributed by atoms with Gasteiger partial charge in [0.2, 0.25) is 10.0 Å². The Morgan fingerprint density at radius 3 is 2.21 bits per heavy atom. The van der Waals surface area contributed by atoms with Crippen molar-refractivity contribution in [1.29, 1.82) is 0 Å². The molecule has 0 spiro atoms. The zero-order valence-electron chi connectivity index (χ0n) is 18.8. The minimum Gasteiger partial charge on any atom is -0.272 e. The van der Waals surface area contributed by atoms with Crippen LogP contribution in [0.4, 0.5) is 0 Å². The van der Waals surface area contributed by atoms with Gasteiger partial charge in [-0.2, -0.15) is 9.41 Å². The largest absolute Gasteiger partial charge is 0.272 e. The molecule has 0 atom stereocenters. The van der Waals surface area contributed by atoms with Gasteiger partial charge in [0.05, 0.1) is 17.7 Å². The fraction of sp³-hybridized carbons (Fsp3) is 0.200. The van der Waals surface area contributed by atoms with Gasteiger partial charge in [-0.05, 0) is 48.7 Å². The smallest absolute Gasteiger partial charge is 0.255 e. The molecule has 0 saturated carbocycles. The van der Waals surface area contributed by atoms with Gasteiger partial charge in [-0.3, -0.25) is 4.79 Å². The van der Waals surface area contributed by atoms with Crippen LogP contribution < -0.4 is 5.43 Å². The Morgan fingerprint density at radius 1 is 1.00 bits per heavy atom. The number of hydrogen-bond donors (Lipinski definition) is 1. The van der Waals surface area contributed by atoms with Crippen molar-refractivity contribution >= 4 is 45.3 Å². The molecule has 3 aromatic carbocycles.